The number of hydrogen-bond acceptors (Lipinski definition) is 5. The molecule has 1 saturated heterocycles. The first-order valence-electron chi connectivity index (χ1n) is 9.45. The van der Waals surface area contributed by atoms with Crippen LogP contribution in [0.15, 0.2) is 21.7 Å². The molecule has 0 spiro atoms. The van der Waals surface area contributed by atoms with E-state index < -0.39 is 10.0 Å². The predicted molar refractivity (Wildman–Crippen MR) is 104 cm³/mol. The van der Waals surface area contributed by atoms with Crippen molar-refractivity contribution in [3.05, 3.63) is 17.5 Å². The van der Waals surface area contributed by atoms with Crippen LogP contribution < -0.4 is 0 Å². The Morgan fingerprint density at radius 2 is 1.85 bits per heavy atom. The van der Waals surface area contributed by atoms with Gasteiger partial charge < -0.3 is 4.90 Å². The van der Waals surface area contributed by atoms with Crippen LogP contribution in [0.5, 0.6) is 0 Å². The van der Waals surface area contributed by atoms with Gasteiger partial charge in [0.15, 0.2) is 0 Å². The molecule has 146 valence electrons. The van der Waals surface area contributed by atoms with Gasteiger partial charge in [-0.25, -0.2) is 8.42 Å². The highest BCUT2D eigenvalue weighted by Crippen LogP contribution is 2.24. The van der Waals surface area contributed by atoms with Crippen LogP contribution in [-0.4, -0.2) is 73.7 Å². The molecule has 0 bridgehead atoms. The molecule has 1 amide bonds. The molecule has 1 saturated carbocycles. The van der Waals surface area contributed by atoms with E-state index in [1.54, 1.807) is 17.5 Å². The highest BCUT2D eigenvalue weighted by atomic mass is 32.2. The van der Waals surface area contributed by atoms with Crippen molar-refractivity contribution in [3.63, 3.8) is 0 Å². The van der Waals surface area contributed by atoms with Crippen LogP contribution in [0.4, 0.5) is 0 Å². The van der Waals surface area contributed by atoms with Gasteiger partial charge in [0, 0.05) is 39.3 Å². The molecular formula is C18H29N3O3S2. The van der Waals surface area contributed by atoms with Crippen LogP contribution in [-0.2, 0) is 14.8 Å². The molecule has 2 heterocycles. The molecule has 0 radical (unpaired) electrons. The zero-order valence-electron chi connectivity index (χ0n) is 15.6. The second-order valence-corrected chi connectivity index (χ2v) is 10.4. The molecule has 0 unspecified atom stereocenters. The minimum absolute atomic E-state index is 0.159. The molecule has 1 aromatic heterocycles. The minimum Gasteiger partial charge on any atom is -0.341 e. The van der Waals surface area contributed by atoms with Gasteiger partial charge in [0.05, 0.1) is 6.04 Å². The topological polar surface area (TPSA) is 60.9 Å². The monoisotopic (exact) mass is 399 g/mol. The van der Waals surface area contributed by atoms with Gasteiger partial charge in [0.25, 0.3) is 10.0 Å². The van der Waals surface area contributed by atoms with E-state index in [0.29, 0.717) is 36.4 Å². The van der Waals surface area contributed by atoms with Crippen LogP contribution in [0, 0.1) is 0 Å². The average Bonchev–Trinajstić information content (AvgIpc) is 3.23. The molecule has 1 aliphatic heterocycles. The van der Waals surface area contributed by atoms with Gasteiger partial charge in [-0.2, -0.15) is 4.31 Å². The summed E-state index contributed by atoms with van der Waals surface area (Å²) in [5.74, 6) is 0.159. The fourth-order valence-electron chi connectivity index (χ4n) is 3.97. The maximum Gasteiger partial charge on any atom is 0.252 e. The number of nitrogens with zero attached hydrogens (tertiary/aromatic N) is 3. The predicted octanol–water partition coefficient (Wildman–Crippen LogP) is 2.23. The lowest BCUT2D eigenvalue weighted by molar-refractivity contribution is -0.138. The SMILES string of the molecule is C[C@@H](C(=O)N(C)C1CCCCC1)N1CCN(S(=O)(=O)c2cccs2)CC1. The molecule has 26 heavy (non-hydrogen) atoms. The number of piperazine rings is 1. The van der Waals surface area contributed by atoms with Crippen molar-refractivity contribution in [2.45, 2.75) is 55.3 Å². The molecule has 1 aromatic rings. The van der Waals surface area contributed by atoms with E-state index >= 15 is 0 Å². The van der Waals surface area contributed by atoms with Gasteiger partial charge >= 0.3 is 0 Å². The summed E-state index contributed by atoms with van der Waals surface area (Å²) in [7, 11) is -1.47. The Labute approximate surface area is 160 Å². The summed E-state index contributed by atoms with van der Waals surface area (Å²) in [4.78, 5) is 16.9. The summed E-state index contributed by atoms with van der Waals surface area (Å²) in [6, 6.07) is 3.57. The number of rotatable bonds is 5. The molecule has 6 nitrogen and oxygen atoms in total. The van der Waals surface area contributed by atoms with Crippen molar-refractivity contribution >= 4 is 27.3 Å². The third-order valence-electron chi connectivity index (χ3n) is 5.74. The highest BCUT2D eigenvalue weighted by Gasteiger charge is 2.34. The van der Waals surface area contributed by atoms with Crippen molar-refractivity contribution in [2.75, 3.05) is 33.2 Å². The lowest BCUT2D eigenvalue weighted by Gasteiger charge is -2.39. The summed E-state index contributed by atoms with van der Waals surface area (Å²) < 4.78 is 27.2. The van der Waals surface area contributed by atoms with Crippen molar-refractivity contribution in [2.24, 2.45) is 0 Å². The van der Waals surface area contributed by atoms with E-state index in [0.717, 1.165) is 12.8 Å². The molecular weight excluding hydrogens is 370 g/mol. The van der Waals surface area contributed by atoms with Crippen molar-refractivity contribution in [3.8, 4) is 0 Å². The fourth-order valence-corrected chi connectivity index (χ4v) is 6.53. The number of hydrogen-bond donors (Lipinski definition) is 0. The summed E-state index contributed by atoms with van der Waals surface area (Å²) in [6.07, 6.45) is 5.88. The first-order valence-corrected chi connectivity index (χ1v) is 11.8. The average molecular weight is 400 g/mol. The highest BCUT2D eigenvalue weighted by molar-refractivity contribution is 7.91. The first kappa shape index (κ1) is 19.8. The Morgan fingerprint density at radius 3 is 2.42 bits per heavy atom. The van der Waals surface area contributed by atoms with Gasteiger partial charge in [-0.1, -0.05) is 25.3 Å². The third-order valence-corrected chi connectivity index (χ3v) is 9.01. The summed E-state index contributed by atoms with van der Waals surface area (Å²) in [5, 5.41) is 1.78. The zero-order valence-corrected chi connectivity index (χ0v) is 17.3. The van der Waals surface area contributed by atoms with Gasteiger partial charge in [0.1, 0.15) is 4.21 Å². The first-order chi connectivity index (χ1) is 12.4. The van der Waals surface area contributed by atoms with Crippen LogP contribution in [0.1, 0.15) is 39.0 Å². The summed E-state index contributed by atoms with van der Waals surface area (Å²) in [5.41, 5.74) is 0. The second kappa shape index (κ2) is 8.37. The van der Waals surface area contributed by atoms with Gasteiger partial charge in [0.2, 0.25) is 5.91 Å². The number of sulfonamides is 1. The summed E-state index contributed by atoms with van der Waals surface area (Å²) in [6.45, 7) is 4.01. The maximum absolute atomic E-state index is 12.9. The quantitative estimate of drug-likeness (QED) is 0.762. The number of carbonyl (C=O) groups is 1. The molecule has 2 fully saturated rings. The lowest BCUT2D eigenvalue weighted by Crippen LogP contribution is -2.56. The van der Waals surface area contributed by atoms with Crippen LogP contribution >= 0.6 is 11.3 Å². The zero-order chi connectivity index (χ0) is 18.7. The lowest BCUT2D eigenvalue weighted by atomic mass is 9.94. The van der Waals surface area contributed by atoms with E-state index in [1.807, 2.05) is 18.9 Å². The van der Waals surface area contributed by atoms with Crippen LogP contribution in [0.3, 0.4) is 0 Å². The Kier molecular flexibility index (Phi) is 6.37. The Balaban J connectivity index is 1.56. The van der Waals surface area contributed by atoms with Crippen molar-refractivity contribution < 1.29 is 13.2 Å². The maximum atomic E-state index is 12.9. The Bertz CT molecular complexity index is 691. The van der Waals surface area contributed by atoms with Gasteiger partial charge in [-0.15, -0.1) is 11.3 Å². The molecule has 3 rings (SSSR count). The van der Waals surface area contributed by atoms with Crippen molar-refractivity contribution in [1.29, 1.82) is 0 Å². The number of likely N-dealkylation sites (N-methyl/N-ethyl adjacent to an activating group) is 1. The van der Waals surface area contributed by atoms with Crippen LogP contribution in [0.2, 0.25) is 0 Å². The smallest absolute Gasteiger partial charge is 0.252 e. The molecule has 2 aliphatic rings. The van der Waals surface area contributed by atoms with E-state index in [-0.39, 0.29) is 11.9 Å². The fraction of sp³-hybridized carbons (Fsp3) is 0.722. The standard InChI is InChI=1S/C18H29N3O3S2/c1-15(18(22)19(2)16-7-4-3-5-8-16)20-10-12-21(13-11-20)26(23,24)17-9-6-14-25-17/h6,9,14-16H,3-5,7-8,10-13H2,1-2H3/t15-/m0/s1. The Morgan fingerprint density at radius 1 is 1.19 bits per heavy atom. The summed E-state index contributed by atoms with van der Waals surface area (Å²) >= 11 is 1.25. The number of carbonyl (C=O) groups excluding carboxylic acids is 1. The van der Waals surface area contributed by atoms with Crippen LogP contribution in [0.25, 0.3) is 0 Å². The van der Waals surface area contributed by atoms with Gasteiger partial charge in [-0.05, 0) is 31.2 Å². The number of amides is 1. The molecule has 0 aromatic carbocycles. The molecule has 1 aliphatic carbocycles. The largest absolute Gasteiger partial charge is 0.341 e. The normalized spacial score (nSPS) is 22.2. The molecule has 1 atom stereocenters. The van der Waals surface area contributed by atoms with E-state index in [9.17, 15) is 13.2 Å². The van der Waals surface area contributed by atoms with E-state index in [2.05, 4.69) is 4.90 Å². The molecule has 8 heteroatoms. The molecule has 0 N–H and O–H groups in total. The Hall–Kier alpha value is -0.960. The number of thiophene rings is 1. The third kappa shape index (κ3) is 4.13. The van der Waals surface area contributed by atoms with E-state index in [4.69, 9.17) is 0 Å². The van der Waals surface area contributed by atoms with E-state index in [1.165, 1.54) is 34.9 Å². The second-order valence-electron chi connectivity index (χ2n) is 7.29. The van der Waals surface area contributed by atoms with Crippen molar-refractivity contribution in [1.82, 2.24) is 14.1 Å². The van der Waals surface area contributed by atoms with Gasteiger partial charge in [-0.3, -0.25) is 9.69 Å². The minimum atomic E-state index is -3.39.